The average Bonchev–Trinajstić information content (AvgIpc) is 2.17. The Kier molecular flexibility index (Phi) is 6.20. The molecule has 0 amide bonds. The first-order valence-corrected chi connectivity index (χ1v) is 6.14. The fourth-order valence-electron chi connectivity index (χ4n) is 2.00. The quantitative estimate of drug-likeness (QED) is 0.707. The summed E-state index contributed by atoms with van der Waals surface area (Å²) in [5, 5.41) is 9.85. The van der Waals surface area contributed by atoms with Crippen LogP contribution in [0.3, 0.4) is 0 Å². The summed E-state index contributed by atoms with van der Waals surface area (Å²) in [5.74, 6) is 0. The number of hydrogen-bond donors (Lipinski definition) is 1. The van der Waals surface area contributed by atoms with E-state index in [-0.39, 0.29) is 12.2 Å². The number of hydrogen-bond acceptors (Lipinski definition) is 2. The van der Waals surface area contributed by atoms with Crippen LogP contribution in [0, 0.1) is 0 Å². The van der Waals surface area contributed by atoms with Gasteiger partial charge in [0.15, 0.2) is 0 Å². The van der Waals surface area contributed by atoms with Gasteiger partial charge in [-0.2, -0.15) is 0 Å². The maximum Gasteiger partial charge on any atom is 0.0833 e. The molecule has 0 aromatic rings. The van der Waals surface area contributed by atoms with E-state index in [2.05, 4.69) is 6.92 Å². The van der Waals surface area contributed by atoms with Gasteiger partial charge in [0.25, 0.3) is 0 Å². The van der Waals surface area contributed by atoms with E-state index in [1.54, 1.807) is 0 Å². The van der Waals surface area contributed by atoms with Gasteiger partial charge in [0.1, 0.15) is 0 Å². The highest BCUT2D eigenvalue weighted by molar-refractivity contribution is 4.72. The Balaban J connectivity index is 2.22. The van der Waals surface area contributed by atoms with Crippen molar-refractivity contribution in [2.24, 2.45) is 0 Å². The van der Waals surface area contributed by atoms with Gasteiger partial charge in [-0.1, -0.05) is 39.0 Å². The molecule has 0 radical (unpaired) electrons. The first-order valence-electron chi connectivity index (χ1n) is 6.14. The topological polar surface area (TPSA) is 29.5 Å². The molecule has 1 saturated carbocycles. The van der Waals surface area contributed by atoms with Crippen LogP contribution in [0.15, 0.2) is 0 Å². The standard InChI is InChI=1S/C12H24O2/c1-2-3-10-14-12-9-7-5-4-6-8-11(12)13/h11-13H,2-10H2,1H3. The van der Waals surface area contributed by atoms with Crippen LogP contribution >= 0.6 is 0 Å². The second-order valence-electron chi connectivity index (χ2n) is 4.32. The molecule has 0 aliphatic heterocycles. The molecule has 0 saturated heterocycles. The molecule has 1 aliphatic rings. The maximum atomic E-state index is 9.85. The largest absolute Gasteiger partial charge is 0.390 e. The minimum absolute atomic E-state index is 0.113. The Bertz CT molecular complexity index is 136. The molecule has 2 atom stereocenters. The first-order chi connectivity index (χ1) is 6.84. The molecule has 0 bridgehead atoms. The number of aliphatic hydroxyl groups excluding tert-OH is 1. The highest BCUT2D eigenvalue weighted by Gasteiger charge is 2.20. The normalized spacial score (nSPS) is 29.6. The van der Waals surface area contributed by atoms with Gasteiger partial charge in [-0.15, -0.1) is 0 Å². The summed E-state index contributed by atoms with van der Waals surface area (Å²) in [5.41, 5.74) is 0. The molecular weight excluding hydrogens is 176 g/mol. The van der Waals surface area contributed by atoms with Gasteiger partial charge in [0.2, 0.25) is 0 Å². The van der Waals surface area contributed by atoms with Crippen molar-refractivity contribution in [1.82, 2.24) is 0 Å². The Morgan fingerprint density at radius 1 is 1.14 bits per heavy atom. The molecule has 84 valence electrons. The van der Waals surface area contributed by atoms with E-state index in [4.69, 9.17) is 4.74 Å². The van der Waals surface area contributed by atoms with Crippen molar-refractivity contribution in [3.05, 3.63) is 0 Å². The van der Waals surface area contributed by atoms with Gasteiger partial charge in [0.05, 0.1) is 12.2 Å². The zero-order chi connectivity index (χ0) is 10.2. The van der Waals surface area contributed by atoms with Crippen molar-refractivity contribution in [3.8, 4) is 0 Å². The van der Waals surface area contributed by atoms with Gasteiger partial charge >= 0.3 is 0 Å². The molecule has 1 rings (SSSR count). The Hall–Kier alpha value is -0.0800. The van der Waals surface area contributed by atoms with Crippen molar-refractivity contribution in [3.63, 3.8) is 0 Å². The summed E-state index contributed by atoms with van der Waals surface area (Å²) < 4.78 is 5.72. The zero-order valence-electron chi connectivity index (χ0n) is 9.37. The monoisotopic (exact) mass is 200 g/mol. The Labute approximate surface area is 87.7 Å². The minimum Gasteiger partial charge on any atom is -0.390 e. The van der Waals surface area contributed by atoms with E-state index in [9.17, 15) is 5.11 Å². The summed E-state index contributed by atoms with van der Waals surface area (Å²) in [4.78, 5) is 0. The first kappa shape index (κ1) is 12.0. The third-order valence-corrected chi connectivity index (χ3v) is 3.00. The third kappa shape index (κ3) is 4.43. The lowest BCUT2D eigenvalue weighted by atomic mass is 9.96. The van der Waals surface area contributed by atoms with Gasteiger partial charge in [-0.3, -0.25) is 0 Å². The molecule has 1 aliphatic carbocycles. The zero-order valence-corrected chi connectivity index (χ0v) is 9.37. The highest BCUT2D eigenvalue weighted by Crippen LogP contribution is 2.20. The molecule has 0 heterocycles. The summed E-state index contributed by atoms with van der Waals surface area (Å²) in [6.45, 7) is 2.98. The van der Waals surface area contributed by atoms with Crippen molar-refractivity contribution < 1.29 is 9.84 Å². The lowest BCUT2D eigenvalue weighted by Crippen LogP contribution is -2.30. The van der Waals surface area contributed by atoms with Gasteiger partial charge in [-0.25, -0.2) is 0 Å². The minimum atomic E-state index is -0.216. The predicted octanol–water partition coefficient (Wildman–Crippen LogP) is 2.89. The Morgan fingerprint density at radius 3 is 2.57 bits per heavy atom. The van der Waals surface area contributed by atoms with Crippen LogP contribution < -0.4 is 0 Å². The van der Waals surface area contributed by atoms with Gasteiger partial charge in [-0.05, 0) is 19.3 Å². The van der Waals surface area contributed by atoms with Crippen LogP contribution in [0.2, 0.25) is 0 Å². The van der Waals surface area contributed by atoms with Crippen molar-refractivity contribution in [2.75, 3.05) is 6.61 Å². The van der Waals surface area contributed by atoms with Crippen LogP contribution in [-0.4, -0.2) is 23.9 Å². The summed E-state index contributed by atoms with van der Waals surface area (Å²) >= 11 is 0. The third-order valence-electron chi connectivity index (χ3n) is 3.00. The maximum absolute atomic E-state index is 9.85. The molecular formula is C12H24O2. The second kappa shape index (κ2) is 7.24. The molecule has 0 spiro atoms. The predicted molar refractivity (Wildman–Crippen MR) is 58.4 cm³/mol. The van der Waals surface area contributed by atoms with E-state index in [0.717, 1.165) is 32.3 Å². The molecule has 2 nitrogen and oxygen atoms in total. The van der Waals surface area contributed by atoms with E-state index in [1.807, 2.05) is 0 Å². The highest BCUT2D eigenvalue weighted by atomic mass is 16.5. The smallest absolute Gasteiger partial charge is 0.0833 e. The summed E-state index contributed by atoms with van der Waals surface area (Å²) in [6, 6.07) is 0. The summed E-state index contributed by atoms with van der Waals surface area (Å²) in [7, 11) is 0. The molecule has 0 aromatic heterocycles. The number of ether oxygens (including phenoxy) is 1. The van der Waals surface area contributed by atoms with E-state index in [1.165, 1.54) is 25.7 Å². The fraction of sp³-hybridized carbons (Fsp3) is 1.00. The SMILES string of the molecule is CCCCOC1CCCCCCC1O. The van der Waals surface area contributed by atoms with Crippen LogP contribution in [0.5, 0.6) is 0 Å². The second-order valence-corrected chi connectivity index (χ2v) is 4.32. The molecule has 2 heteroatoms. The van der Waals surface area contributed by atoms with Crippen LogP contribution in [0.1, 0.15) is 58.3 Å². The molecule has 1 fully saturated rings. The molecule has 1 N–H and O–H groups in total. The van der Waals surface area contributed by atoms with Gasteiger partial charge < -0.3 is 9.84 Å². The average molecular weight is 200 g/mol. The van der Waals surface area contributed by atoms with E-state index >= 15 is 0 Å². The van der Waals surface area contributed by atoms with Crippen molar-refractivity contribution >= 4 is 0 Å². The fourth-order valence-corrected chi connectivity index (χ4v) is 2.00. The van der Waals surface area contributed by atoms with Crippen molar-refractivity contribution in [1.29, 1.82) is 0 Å². The lowest BCUT2D eigenvalue weighted by Gasteiger charge is -2.25. The van der Waals surface area contributed by atoms with Crippen LogP contribution in [0.4, 0.5) is 0 Å². The summed E-state index contributed by atoms with van der Waals surface area (Å²) in [6.07, 6.45) is 9.11. The molecule has 14 heavy (non-hydrogen) atoms. The lowest BCUT2D eigenvalue weighted by molar-refractivity contribution is -0.0500. The number of rotatable bonds is 4. The Morgan fingerprint density at radius 2 is 1.86 bits per heavy atom. The van der Waals surface area contributed by atoms with Crippen LogP contribution in [0.25, 0.3) is 0 Å². The van der Waals surface area contributed by atoms with Crippen LogP contribution in [-0.2, 0) is 4.74 Å². The van der Waals surface area contributed by atoms with E-state index < -0.39 is 0 Å². The van der Waals surface area contributed by atoms with Gasteiger partial charge in [0, 0.05) is 6.61 Å². The van der Waals surface area contributed by atoms with Crippen molar-refractivity contribution in [2.45, 2.75) is 70.5 Å². The number of aliphatic hydroxyl groups is 1. The van der Waals surface area contributed by atoms with E-state index in [0.29, 0.717) is 0 Å². The molecule has 2 unspecified atom stereocenters. The number of unbranched alkanes of at least 4 members (excludes halogenated alkanes) is 1. The molecule has 0 aromatic carbocycles.